The number of rotatable bonds is 3. The van der Waals surface area contributed by atoms with Crippen LogP contribution in [0.15, 0.2) is 6.33 Å². The van der Waals surface area contributed by atoms with Crippen LogP contribution in [0.3, 0.4) is 0 Å². The zero-order chi connectivity index (χ0) is 10.7. The first-order valence-electron chi connectivity index (χ1n) is 4.29. The van der Waals surface area contributed by atoms with E-state index in [0.717, 1.165) is 11.5 Å². The van der Waals surface area contributed by atoms with Crippen LogP contribution in [-0.4, -0.2) is 30.7 Å². The fourth-order valence-electron chi connectivity index (χ4n) is 1.04. The molecule has 2 aromatic heterocycles. The van der Waals surface area contributed by atoms with Crippen LogP contribution in [0.5, 0.6) is 0 Å². The molecule has 1 amide bonds. The van der Waals surface area contributed by atoms with E-state index in [9.17, 15) is 4.79 Å². The van der Waals surface area contributed by atoms with E-state index in [1.807, 2.05) is 6.92 Å². The maximum absolute atomic E-state index is 11.7. The van der Waals surface area contributed by atoms with Crippen LogP contribution in [0.4, 0.5) is 5.95 Å². The highest BCUT2D eigenvalue weighted by Crippen LogP contribution is 2.12. The third-order valence-electron chi connectivity index (χ3n) is 1.74. The van der Waals surface area contributed by atoms with Crippen LogP contribution in [0.2, 0.25) is 0 Å². The molecule has 8 heteroatoms. The van der Waals surface area contributed by atoms with Crippen molar-refractivity contribution < 1.29 is 4.79 Å². The Morgan fingerprint density at radius 1 is 1.67 bits per heavy atom. The van der Waals surface area contributed by atoms with E-state index in [-0.39, 0.29) is 5.91 Å². The van der Waals surface area contributed by atoms with E-state index in [0.29, 0.717) is 22.9 Å². The molecule has 0 fully saturated rings. The van der Waals surface area contributed by atoms with E-state index in [4.69, 9.17) is 0 Å². The van der Waals surface area contributed by atoms with Gasteiger partial charge >= 0.3 is 0 Å². The number of aromatic nitrogens is 5. The fourth-order valence-corrected chi connectivity index (χ4v) is 1.69. The van der Waals surface area contributed by atoms with Gasteiger partial charge in [-0.15, -0.1) is 5.10 Å². The lowest BCUT2D eigenvalue weighted by Gasteiger charge is -1.98. The van der Waals surface area contributed by atoms with E-state index in [2.05, 4.69) is 30.1 Å². The predicted octanol–water partition coefficient (Wildman–Crippen LogP) is 0.471. The normalized spacial score (nSPS) is 10.2. The first kappa shape index (κ1) is 9.71. The van der Waals surface area contributed by atoms with Crippen molar-refractivity contribution in [1.82, 2.24) is 24.8 Å². The Morgan fingerprint density at radius 3 is 3.20 bits per heavy atom. The second kappa shape index (κ2) is 4.13. The largest absolute Gasteiger partial charge is 0.290 e. The monoisotopic (exact) mass is 224 g/mol. The first-order valence-corrected chi connectivity index (χ1v) is 5.06. The van der Waals surface area contributed by atoms with Gasteiger partial charge in [-0.1, -0.05) is 11.4 Å². The van der Waals surface area contributed by atoms with E-state index in [1.165, 1.54) is 6.33 Å². The molecule has 2 rings (SSSR count). The van der Waals surface area contributed by atoms with Crippen molar-refractivity contribution >= 4 is 23.4 Å². The molecule has 2 aromatic rings. The van der Waals surface area contributed by atoms with Gasteiger partial charge in [-0.05, 0) is 18.0 Å². The quantitative estimate of drug-likeness (QED) is 0.790. The minimum atomic E-state index is -0.265. The van der Waals surface area contributed by atoms with Gasteiger partial charge in [-0.3, -0.25) is 10.1 Å². The van der Waals surface area contributed by atoms with Gasteiger partial charge in [-0.25, -0.2) is 5.10 Å². The van der Waals surface area contributed by atoms with Gasteiger partial charge in [0.2, 0.25) is 5.95 Å². The molecule has 0 bridgehead atoms. The number of nitrogens with one attached hydrogen (secondary N) is 2. The van der Waals surface area contributed by atoms with Crippen LogP contribution < -0.4 is 5.32 Å². The molecule has 0 saturated heterocycles. The number of carbonyl (C=O) groups is 1. The van der Waals surface area contributed by atoms with Gasteiger partial charge in [-0.2, -0.15) is 10.1 Å². The third kappa shape index (κ3) is 1.99. The van der Waals surface area contributed by atoms with E-state index in [1.54, 1.807) is 0 Å². The molecule has 0 aromatic carbocycles. The molecule has 78 valence electrons. The Hall–Kier alpha value is -1.83. The molecule has 0 saturated carbocycles. The molecule has 2 N–H and O–H groups in total. The van der Waals surface area contributed by atoms with E-state index >= 15 is 0 Å². The topological polar surface area (TPSA) is 96.5 Å². The van der Waals surface area contributed by atoms with E-state index < -0.39 is 0 Å². The molecule has 0 spiro atoms. The summed E-state index contributed by atoms with van der Waals surface area (Å²) in [5.41, 5.74) is 0.692. The number of aromatic amines is 1. The summed E-state index contributed by atoms with van der Waals surface area (Å²) in [6, 6.07) is 0. The highest BCUT2D eigenvalue weighted by atomic mass is 32.1. The number of anilines is 1. The summed E-state index contributed by atoms with van der Waals surface area (Å²) in [6.07, 6.45) is 2.00. The van der Waals surface area contributed by atoms with Crippen molar-refractivity contribution in [2.75, 3.05) is 5.32 Å². The number of nitrogens with zero attached hydrogens (tertiary/aromatic N) is 4. The molecule has 0 aliphatic carbocycles. The molecular weight excluding hydrogens is 216 g/mol. The lowest BCUT2D eigenvalue weighted by molar-refractivity contribution is 0.102. The van der Waals surface area contributed by atoms with Crippen molar-refractivity contribution in [1.29, 1.82) is 0 Å². The Kier molecular flexibility index (Phi) is 2.68. The highest BCUT2D eigenvalue weighted by molar-refractivity contribution is 7.08. The minimum absolute atomic E-state index is 0.265. The zero-order valence-corrected chi connectivity index (χ0v) is 8.71. The van der Waals surface area contributed by atoms with Crippen LogP contribution in [0, 0.1) is 0 Å². The molecule has 0 atom stereocenters. The summed E-state index contributed by atoms with van der Waals surface area (Å²) in [5, 5.41) is 12.6. The smallest absolute Gasteiger partial charge is 0.271 e. The molecule has 0 radical (unpaired) electrons. The van der Waals surface area contributed by atoms with Gasteiger partial charge in [0, 0.05) is 0 Å². The van der Waals surface area contributed by atoms with Gasteiger partial charge in [0.1, 0.15) is 11.2 Å². The zero-order valence-electron chi connectivity index (χ0n) is 7.89. The van der Waals surface area contributed by atoms with Crippen molar-refractivity contribution in [2.24, 2.45) is 0 Å². The molecule has 0 aliphatic heterocycles. The number of aryl methyl sites for hydroxylation is 1. The van der Waals surface area contributed by atoms with Crippen molar-refractivity contribution in [3.8, 4) is 0 Å². The third-order valence-corrected chi connectivity index (χ3v) is 2.51. The Morgan fingerprint density at radius 2 is 2.53 bits per heavy atom. The average Bonchev–Trinajstić information content (AvgIpc) is 2.86. The summed E-state index contributed by atoms with van der Waals surface area (Å²) in [6.45, 7) is 1.92. The number of amides is 1. The minimum Gasteiger partial charge on any atom is -0.290 e. The fraction of sp³-hybridized carbons (Fsp3) is 0.286. The number of carbonyl (C=O) groups excluding carboxylic acids is 1. The van der Waals surface area contributed by atoms with Gasteiger partial charge in [0.15, 0.2) is 0 Å². The van der Waals surface area contributed by atoms with Crippen LogP contribution in [0.1, 0.15) is 22.3 Å². The number of hydrogen-bond donors (Lipinski definition) is 2. The molecule has 2 heterocycles. The van der Waals surface area contributed by atoms with Crippen LogP contribution in [0.25, 0.3) is 0 Å². The highest BCUT2D eigenvalue weighted by Gasteiger charge is 2.15. The number of H-pyrrole nitrogens is 1. The predicted molar refractivity (Wildman–Crippen MR) is 53.6 cm³/mol. The van der Waals surface area contributed by atoms with Gasteiger partial charge in [0.05, 0.1) is 5.69 Å². The molecule has 0 aliphatic rings. The van der Waals surface area contributed by atoms with Crippen LogP contribution >= 0.6 is 11.5 Å². The molecular formula is C7H8N6OS. The van der Waals surface area contributed by atoms with Crippen molar-refractivity contribution in [2.45, 2.75) is 13.3 Å². The van der Waals surface area contributed by atoms with Crippen molar-refractivity contribution in [3.05, 3.63) is 16.9 Å². The summed E-state index contributed by atoms with van der Waals surface area (Å²) in [7, 11) is 0. The summed E-state index contributed by atoms with van der Waals surface area (Å²) in [5.74, 6) is 0.0500. The number of hydrogen-bond acceptors (Lipinski definition) is 6. The molecule has 15 heavy (non-hydrogen) atoms. The maximum atomic E-state index is 11.7. The van der Waals surface area contributed by atoms with Crippen LogP contribution in [-0.2, 0) is 6.42 Å². The lowest BCUT2D eigenvalue weighted by Crippen LogP contribution is -2.13. The lowest BCUT2D eigenvalue weighted by atomic mass is 10.3. The van der Waals surface area contributed by atoms with Crippen molar-refractivity contribution in [3.63, 3.8) is 0 Å². The Labute approximate surface area is 89.1 Å². The maximum Gasteiger partial charge on any atom is 0.271 e. The SMILES string of the molecule is CCc1nnsc1C(=O)Nc1ncn[nH]1. The molecule has 0 unspecified atom stereocenters. The van der Waals surface area contributed by atoms with Gasteiger partial charge in [0.25, 0.3) is 5.91 Å². The Balaban J connectivity index is 2.15. The standard InChI is InChI=1S/C7H8N6OS/c1-2-4-5(15-13-11-4)6(14)10-7-8-3-9-12-7/h3H,2H2,1H3,(H2,8,9,10,12,14). The summed E-state index contributed by atoms with van der Waals surface area (Å²) < 4.78 is 3.73. The molecule has 7 nitrogen and oxygen atoms in total. The average molecular weight is 224 g/mol. The summed E-state index contributed by atoms with van der Waals surface area (Å²) in [4.78, 5) is 16.0. The van der Waals surface area contributed by atoms with Gasteiger partial charge < -0.3 is 0 Å². The second-order valence-corrected chi connectivity index (χ2v) is 3.44. The Bertz CT molecular complexity index is 450. The first-order chi connectivity index (χ1) is 7.31. The second-order valence-electron chi connectivity index (χ2n) is 2.69. The summed E-state index contributed by atoms with van der Waals surface area (Å²) >= 11 is 1.07.